The Hall–Kier alpha value is -0.800. The average molecular weight is 230 g/mol. The van der Waals surface area contributed by atoms with Gasteiger partial charge in [0, 0.05) is 6.54 Å². The molecule has 1 rings (SSSR count). The second kappa shape index (κ2) is 5.83. The molecule has 0 aliphatic rings. The van der Waals surface area contributed by atoms with E-state index in [1.54, 1.807) is 12.1 Å². The van der Waals surface area contributed by atoms with Gasteiger partial charge in [-0.2, -0.15) is 0 Å². The summed E-state index contributed by atoms with van der Waals surface area (Å²) in [6, 6.07) is 3.46. The molecule has 0 radical (unpaired) electrons. The van der Waals surface area contributed by atoms with Gasteiger partial charge in [0.25, 0.3) is 5.91 Å². The van der Waals surface area contributed by atoms with Gasteiger partial charge < -0.3 is 5.32 Å². The first-order chi connectivity index (χ1) is 6.74. The highest BCUT2D eigenvalue weighted by molar-refractivity contribution is 7.17. The molecule has 0 bridgehead atoms. The van der Waals surface area contributed by atoms with Gasteiger partial charge in [0.15, 0.2) is 0 Å². The molecule has 0 saturated heterocycles. The minimum atomic E-state index is -0.0496. The minimum absolute atomic E-state index is 0.0496. The van der Waals surface area contributed by atoms with Crippen LogP contribution in [-0.2, 0) is 0 Å². The van der Waals surface area contributed by atoms with E-state index in [4.69, 9.17) is 11.6 Å². The third-order valence-corrected chi connectivity index (χ3v) is 2.86. The first-order valence-corrected chi connectivity index (χ1v) is 5.58. The molecule has 0 aliphatic carbocycles. The molecule has 2 nitrogen and oxygen atoms in total. The lowest BCUT2D eigenvalue weighted by Gasteiger charge is -1.99. The molecule has 1 aromatic heterocycles. The van der Waals surface area contributed by atoms with Crippen molar-refractivity contribution in [2.24, 2.45) is 0 Å². The summed E-state index contributed by atoms with van der Waals surface area (Å²) < 4.78 is 0.642. The minimum Gasteiger partial charge on any atom is -0.351 e. The molecule has 4 heteroatoms. The van der Waals surface area contributed by atoms with E-state index in [1.165, 1.54) is 11.3 Å². The molecular weight excluding hydrogens is 218 g/mol. The molecule has 0 unspecified atom stereocenters. The zero-order valence-electron chi connectivity index (χ0n) is 7.92. The van der Waals surface area contributed by atoms with E-state index in [1.807, 2.05) is 19.1 Å². The summed E-state index contributed by atoms with van der Waals surface area (Å²) in [7, 11) is 0. The number of hydrogen-bond donors (Lipinski definition) is 1. The van der Waals surface area contributed by atoms with Crippen LogP contribution >= 0.6 is 22.9 Å². The molecule has 0 aromatic carbocycles. The molecule has 1 heterocycles. The molecule has 1 aromatic rings. The Labute approximate surface area is 92.6 Å². The topological polar surface area (TPSA) is 29.1 Å². The van der Waals surface area contributed by atoms with Crippen LogP contribution in [0.5, 0.6) is 0 Å². The van der Waals surface area contributed by atoms with Crippen LogP contribution in [0, 0.1) is 0 Å². The molecule has 14 heavy (non-hydrogen) atoms. The van der Waals surface area contributed by atoms with E-state index in [-0.39, 0.29) is 5.91 Å². The van der Waals surface area contributed by atoms with Crippen LogP contribution in [0.1, 0.15) is 23.0 Å². The summed E-state index contributed by atoms with van der Waals surface area (Å²) in [4.78, 5) is 12.1. The summed E-state index contributed by atoms with van der Waals surface area (Å²) in [5, 5.41) is 2.81. The van der Waals surface area contributed by atoms with Crippen molar-refractivity contribution < 1.29 is 4.79 Å². The summed E-state index contributed by atoms with van der Waals surface area (Å²) in [5.41, 5.74) is 0. The van der Waals surface area contributed by atoms with Crippen molar-refractivity contribution in [1.29, 1.82) is 0 Å². The fourth-order valence-electron chi connectivity index (χ4n) is 0.959. The van der Waals surface area contributed by atoms with Crippen molar-refractivity contribution in [3.63, 3.8) is 0 Å². The molecular formula is C10H12ClNOS. The van der Waals surface area contributed by atoms with Gasteiger partial charge in [0.05, 0.1) is 9.21 Å². The number of allylic oxidation sites excluding steroid dienone is 1. The summed E-state index contributed by atoms with van der Waals surface area (Å²) in [5.74, 6) is -0.0496. The largest absolute Gasteiger partial charge is 0.351 e. The third kappa shape index (κ3) is 3.52. The van der Waals surface area contributed by atoms with Crippen molar-refractivity contribution in [2.75, 3.05) is 6.54 Å². The van der Waals surface area contributed by atoms with Crippen molar-refractivity contribution in [2.45, 2.75) is 13.3 Å². The highest BCUT2D eigenvalue weighted by atomic mass is 35.5. The number of thiophene rings is 1. The van der Waals surface area contributed by atoms with Crippen LogP contribution in [-0.4, -0.2) is 12.5 Å². The number of amides is 1. The lowest BCUT2D eigenvalue weighted by atomic mass is 10.3. The Morgan fingerprint density at radius 2 is 2.43 bits per heavy atom. The van der Waals surface area contributed by atoms with Crippen molar-refractivity contribution in [3.05, 3.63) is 33.5 Å². The number of halogens is 1. The fourth-order valence-corrected chi connectivity index (χ4v) is 1.92. The van der Waals surface area contributed by atoms with Crippen molar-refractivity contribution in [1.82, 2.24) is 5.32 Å². The Kier molecular flexibility index (Phi) is 4.70. The standard InChI is InChI=1S/C10H12ClNOS/c1-2-3-4-7-12-10(13)8-5-6-9(11)14-8/h2-3,5-6H,4,7H2,1H3,(H,12,13)/b3-2+. The van der Waals surface area contributed by atoms with Crippen LogP contribution in [0.4, 0.5) is 0 Å². The second-order valence-electron chi connectivity index (χ2n) is 2.72. The molecule has 0 saturated carbocycles. The number of carbonyl (C=O) groups excluding carboxylic acids is 1. The Bertz CT molecular complexity index is 333. The van der Waals surface area contributed by atoms with Gasteiger partial charge in [0.1, 0.15) is 0 Å². The maximum Gasteiger partial charge on any atom is 0.261 e. The first-order valence-electron chi connectivity index (χ1n) is 4.38. The smallest absolute Gasteiger partial charge is 0.261 e. The van der Waals surface area contributed by atoms with Crippen molar-refractivity contribution in [3.8, 4) is 0 Å². The Balaban J connectivity index is 2.35. The SMILES string of the molecule is C/C=C/CCNC(=O)c1ccc(Cl)s1. The van der Waals surface area contributed by atoms with Gasteiger partial charge in [-0.25, -0.2) is 0 Å². The quantitative estimate of drug-likeness (QED) is 0.624. The van der Waals surface area contributed by atoms with Gasteiger partial charge in [-0.1, -0.05) is 23.8 Å². The number of carbonyl (C=O) groups is 1. The maximum atomic E-state index is 11.4. The molecule has 76 valence electrons. The number of rotatable bonds is 4. The fraction of sp³-hybridized carbons (Fsp3) is 0.300. The van der Waals surface area contributed by atoms with Crippen LogP contribution in [0.3, 0.4) is 0 Å². The average Bonchev–Trinajstić information content (AvgIpc) is 2.59. The van der Waals surface area contributed by atoms with E-state index < -0.39 is 0 Å². The Morgan fingerprint density at radius 1 is 1.64 bits per heavy atom. The summed E-state index contributed by atoms with van der Waals surface area (Å²) in [6.07, 6.45) is 4.84. The first kappa shape index (κ1) is 11.3. The zero-order valence-corrected chi connectivity index (χ0v) is 9.49. The van der Waals surface area contributed by atoms with E-state index in [0.717, 1.165) is 6.42 Å². The van der Waals surface area contributed by atoms with Gasteiger partial charge in [-0.15, -0.1) is 11.3 Å². The zero-order chi connectivity index (χ0) is 10.4. The van der Waals surface area contributed by atoms with Crippen LogP contribution in [0.25, 0.3) is 0 Å². The molecule has 0 fully saturated rings. The molecule has 0 aliphatic heterocycles. The number of nitrogens with one attached hydrogen (secondary N) is 1. The van der Waals surface area contributed by atoms with Gasteiger partial charge in [-0.3, -0.25) is 4.79 Å². The monoisotopic (exact) mass is 229 g/mol. The number of hydrogen-bond acceptors (Lipinski definition) is 2. The molecule has 0 spiro atoms. The van der Waals surface area contributed by atoms with Crippen molar-refractivity contribution >= 4 is 28.8 Å². The van der Waals surface area contributed by atoms with Gasteiger partial charge in [0.2, 0.25) is 0 Å². The normalized spacial score (nSPS) is 10.7. The van der Waals surface area contributed by atoms with Crippen LogP contribution in [0.2, 0.25) is 4.34 Å². The van der Waals surface area contributed by atoms with Crippen LogP contribution < -0.4 is 5.32 Å². The molecule has 1 amide bonds. The van der Waals surface area contributed by atoms with E-state index in [0.29, 0.717) is 15.8 Å². The lowest BCUT2D eigenvalue weighted by Crippen LogP contribution is -2.23. The second-order valence-corrected chi connectivity index (χ2v) is 4.43. The van der Waals surface area contributed by atoms with E-state index in [2.05, 4.69) is 5.32 Å². The molecule has 0 atom stereocenters. The highest BCUT2D eigenvalue weighted by Crippen LogP contribution is 2.20. The van der Waals surface area contributed by atoms with Gasteiger partial charge in [-0.05, 0) is 25.5 Å². The summed E-state index contributed by atoms with van der Waals surface area (Å²) >= 11 is 7.01. The van der Waals surface area contributed by atoms with Crippen LogP contribution in [0.15, 0.2) is 24.3 Å². The molecule has 1 N–H and O–H groups in total. The predicted molar refractivity (Wildman–Crippen MR) is 61.1 cm³/mol. The highest BCUT2D eigenvalue weighted by Gasteiger charge is 2.06. The van der Waals surface area contributed by atoms with Gasteiger partial charge >= 0.3 is 0 Å². The third-order valence-electron chi connectivity index (χ3n) is 1.63. The van der Waals surface area contributed by atoms with E-state index in [9.17, 15) is 4.79 Å². The summed E-state index contributed by atoms with van der Waals surface area (Å²) in [6.45, 7) is 2.62. The van der Waals surface area contributed by atoms with E-state index >= 15 is 0 Å². The predicted octanol–water partition coefficient (Wildman–Crippen LogP) is 3.10. The maximum absolute atomic E-state index is 11.4. The Morgan fingerprint density at radius 3 is 3.00 bits per heavy atom. The lowest BCUT2D eigenvalue weighted by molar-refractivity contribution is 0.0958.